The molecule has 0 bridgehead atoms. The van der Waals surface area contributed by atoms with Crippen LogP contribution in [0.2, 0.25) is 0 Å². The van der Waals surface area contributed by atoms with Crippen molar-refractivity contribution in [3.8, 4) is 0 Å². The first-order valence-corrected chi connectivity index (χ1v) is 8.53. The van der Waals surface area contributed by atoms with Crippen LogP contribution < -0.4 is 5.32 Å². The highest BCUT2D eigenvalue weighted by Gasteiger charge is 2.48. The van der Waals surface area contributed by atoms with Crippen LogP contribution >= 0.6 is 11.3 Å². The van der Waals surface area contributed by atoms with Crippen LogP contribution in [0.3, 0.4) is 0 Å². The summed E-state index contributed by atoms with van der Waals surface area (Å²) in [5.74, 6) is 0. The maximum Gasteiger partial charge on any atom is 0.317 e. The first-order valence-electron chi connectivity index (χ1n) is 7.71. The molecule has 0 atom stereocenters. The molecule has 1 aliphatic carbocycles. The molecule has 2 heterocycles. The van der Waals surface area contributed by atoms with Gasteiger partial charge in [-0.15, -0.1) is 11.3 Å². The largest absolute Gasteiger partial charge is 0.335 e. The van der Waals surface area contributed by atoms with Gasteiger partial charge in [-0.05, 0) is 50.3 Å². The number of thiophene rings is 1. The fourth-order valence-electron chi connectivity index (χ4n) is 3.68. The fourth-order valence-corrected chi connectivity index (χ4v) is 4.61. The average Bonchev–Trinajstić information content (AvgIpc) is 2.96. The molecule has 1 aromatic heterocycles. The number of hydrogen-bond donors (Lipinski definition) is 1. The quantitative estimate of drug-likeness (QED) is 0.932. The monoisotopic (exact) mass is 307 g/mol. The van der Waals surface area contributed by atoms with Crippen molar-refractivity contribution in [3.63, 3.8) is 0 Å². The van der Waals surface area contributed by atoms with Crippen LogP contribution in [0, 0.1) is 12.3 Å². The van der Waals surface area contributed by atoms with E-state index in [2.05, 4.69) is 29.3 Å². The zero-order chi connectivity index (χ0) is 15.0. The molecule has 2 fully saturated rings. The summed E-state index contributed by atoms with van der Waals surface area (Å²) in [6, 6.07) is 4.89. The Morgan fingerprint density at radius 1 is 1.48 bits per heavy atom. The topological polar surface area (TPSA) is 35.6 Å². The molecule has 3 rings (SSSR count). The highest BCUT2D eigenvalue weighted by Crippen LogP contribution is 2.48. The predicted octanol–water partition coefficient (Wildman–Crippen LogP) is 2.68. The number of rotatable bonds is 3. The molecule has 0 unspecified atom stereocenters. The number of carbonyl (C=O) groups excluding carboxylic acids is 1. The fraction of sp³-hybridized carbons (Fsp3) is 0.688. The van der Waals surface area contributed by atoms with Gasteiger partial charge in [0.25, 0.3) is 0 Å². The van der Waals surface area contributed by atoms with Crippen molar-refractivity contribution in [2.75, 3.05) is 27.2 Å². The zero-order valence-electron chi connectivity index (χ0n) is 13.2. The van der Waals surface area contributed by atoms with E-state index in [-0.39, 0.29) is 6.03 Å². The average molecular weight is 307 g/mol. The maximum atomic E-state index is 11.7. The lowest BCUT2D eigenvalue weighted by Crippen LogP contribution is -2.53. The molecule has 21 heavy (non-hydrogen) atoms. The number of nitrogens with zero attached hydrogens (tertiary/aromatic N) is 2. The first-order chi connectivity index (χ1) is 9.96. The molecule has 1 aliphatic heterocycles. The van der Waals surface area contributed by atoms with Gasteiger partial charge in [0.1, 0.15) is 0 Å². The Morgan fingerprint density at radius 3 is 2.86 bits per heavy atom. The normalized spacial score (nSPS) is 28.6. The first kappa shape index (κ1) is 14.9. The number of likely N-dealkylation sites (tertiary alicyclic amines) is 1. The summed E-state index contributed by atoms with van der Waals surface area (Å²) in [4.78, 5) is 18.7. The van der Waals surface area contributed by atoms with Crippen molar-refractivity contribution in [2.45, 2.75) is 38.8 Å². The number of urea groups is 1. The van der Waals surface area contributed by atoms with Gasteiger partial charge in [-0.3, -0.25) is 4.90 Å². The van der Waals surface area contributed by atoms with Gasteiger partial charge in [0.05, 0.1) is 0 Å². The van der Waals surface area contributed by atoms with Gasteiger partial charge in [0.2, 0.25) is 0 Å². The molecule has 1 spiro atoms. The Labute approximate surface area is 131 Å². The summed E-state index contributed by atoms with van der Waals surface area (Å²) in [6.45, 7) is 5.65. The molecule has 0 radical (unpaired) electrons. The van der Waals surface area contributed by atoms with Crippen molar-refractivity contribution >= 4 is 17.4 Å². The van der Waals surface area contributed by atoms with Crippen molar-refractivity contribution < 1.29 is 4.79 Å². The molecular weight excluding hydrogens is 282 g/mol. The lowest BCUT2D eigenvalue weighted by molar-refractivity contribution is 0.0900. The minimum atomic E-state index is 0.0405. The summed E-state index contributed by atoms with van der Waals surface area (Å²) in [5, 5.41) is 3.11. The van der Waals surface area contributed by atoms with E-state index in [0.717, 1.165) is 19.4 Å². The van der Waals surface area contributed by atoms with Crippen molar-refractivity contribution in [1.29, 1.82) is 0 Å². The minimum Gasteiger partial charge on any atom is -0.335 e. The molecular formula is C16H25N3OS. The number of hydrogen-bond acceptors (Lipinski definition) is 3. The van der Waals surface area contributed by atoms with Crippen LogP contribution in [0.15, 0.2) is 12.1 Å². The smallest absolute Gasteiger partial charge is 0.317 e. The molecule has 0 aromatic carbocycles. The summed E-state index contributed by atoms with van der Waals surface area (Å²) in [5.41, 5.74) is 0.469. The molecule has 4 nitrogen and oxygen atoms in total. The number of aryl methyl sites for hydroxylation is 1. The molecule has 2 aliphatic rings. The molecule has 2 amide bonds. The summed E-state index contributed by atoms with van der Waals surface area (Å²) < 4.78 is 0. The third kappa shape index (κ3) is 3.24. The molecule has 1 saturated heterocycles. The van der Waals surface area contributed by atoms with E-state index in [1.54, 1.807) is 19.0 Å². The highest BCUT2D eigenvalue weighted by atomic mass is 32.1. The second-order valence-corrected chi connectivity index (χ2v) is 8.29. The van der Waals surface area contributed by atoms with Gasteiger partial charge in [-0.25, -0.2) is 4.79 Å². The van der Waals surface area contributed by atoms with Crippen molar-refractivity contribution in [2.24, 2.45) is 5.41 Å². The van der Waals surface area contributed by atoms with Gasteiger partial charge in [-0.1, -0.05) is 0 Å². The Balaban J connectivity index is 1.46. The number of amides is 2. The number of carbonyl (C=O) groups is 1. The van der Waals surface area contributed by atoms with Gasteiger partial charge >= 0.3 is 6.03 Å². The second kappa shape index (κ2) is 5.61. The Bertz CT molecular complexity index is 519. The lowest BCUT2D eigenvalue weighted by Gasteiger charge is -2.45. The molecule has 5 heteroatoms. The minimum absolute atomic E-state index is 0.0405. The van der Waals surface area contributed by atoms with Gasteiger partial charge in [0.15, 0.2) is 0 Å². The standard InChI is InChI=1S/C16H25N3OS/c1-12-4-5-14(21-12)10-19-7-6-16(11-19)8-13(9-16)17-15(20)18(2)3/h4-5,13H,6-11H2,1-3H3,(H,17,20). The Morgan fingerprint density at radius 2 is 2.24 bits per heavy atom. The van der Waals surface area contributed by atoms with E-state index in [0.29, 0.717) is 11.5 Å². The van der Waals surface area contributed by atoms with Gasteiger partial charge in [-0.2, -0.15) is 0 Å². The van der Waals surface area contributed by atoms with E-state index < -0.39 is 0 Å². The summed E-state index contributed by atoms with van der Waals surface area (Å²) in [7, 11) is 3.59. The van der Waals surface area contributed by atoms with Crippen LogP contribution in [0.25, 0.3) is 0 Å². The van der Waals surface area contributed by atoms with Crippen LogP contribution in [-0.2, 0) is 6.54 Å². The van der Waals surface area contributed by atoms with Crippen LogP contribution in [0.1, 0.15) is 29.0 Å². The SMILES string of the molecule is Cc1ccc(CN2CCC3(CC(NC(=O)N(C)C)C3)C2)s1. The van der Waals surface area contributed by atoms with Crippen molar-refractivity contribution in [3.05, 3.63) is 21.9 Å². The highest BCUT2D eigenvalue weighted by molar-refractivity contribution is 7.11. The zero-order valence-corrected chi connectivity index (χ0v) is 14.0. The predicted molar refractivity (Wildman–Crippen MR) is 86.6 cm³/mol. The van der Waals surface area contributed by atoms with E-state index in [9.17, 15) is 4.79 Å². The third-order valence-corrected chi connectivity index (χ3v) is 5.77. The van der Waals surface area contributed by atoms with E-state index >= 15 is 0 Å². The van der Waals surface area contributed by atoms with Crippen molar-refractivity contribution in [1.82, 2.24) is 15.1 Å². The Kier molecular flexibility index (Phi) is 3.97. The van der Waals surface area contributed by atoms with E-state index in [1.807, 2.05) is 11.3 Å². The molecule has 1 saturated carbocycles. The third-order valence-electron chi connectivity index (χ3n) is 4.79. The second-order valence-electron chi connectivity index (χ2n) is 6.92. The number of nitrogens with one attached hydrogen (secondary N) is 1. The van der Waals surface area contributed by atoms with Crippen LogP contribution in [-0.4, -0.2) is 49.1 Å². The van der Waals surface area contributed by atoms with Crippen LogP contribution in [0.4, 0.5) is 4.79 Å². The van der Waals surface area contributed by atoms with Crippen LogP contribution in [0.5, 0.6) is 0 Å². The lowest BCUT2D eigenvalue weighted by atomic mass is 9.65. The summed E-state index contributed by atoms with van der Waals surface area (Å²) in [6.07, 6.45) is 3.57. The Hall–Kier alpha value is -1.07. The molecule has 116 valence electrons. The molecule has 1 N–H and O–H groups in total. The summed E-state index contributed by atoms with van der Waals surface area (Å²) >= 11 is 1.91. The maximum absolute atomic E-state index is 11.7. The van der Waals surface area contributed by atoms with Gasteiger partial charge in [0, 0.05) is 43.0 Å². The molecule has 1 aromatic rings. The van der Waals surface area contributed by atoms with E-state index in [4.69, 9.17) is 0 Å². The van der Waals surface area contributed by atoms with Gasteiger partial charge < -0.3 is 10.2 Å². The van der Waals surface area contributed by atoms with E-state index in [1.165, 1.54) is 29.3 Å².